The van der Waals surface area contributed by atoms with E-state index in [1.165, 1.54) is 24.1 Å². The first-order valence-electron chi connectivity index (χ1n) is 9.23. The lowest BCUT2D eigenvalue weighted by Gasteiger charge is -2.42. The maximum Gasteiger partial charge on any atom is 0.293 e. The van der Waals surface area contributed by atoms with Crippen LogP contribution in [0.15, 0.2) is 36.4 Å². The monoisotopic (exact) mass is 366 g/mol. The number of Topliss-reactive ketones (excluding diaryl/α,β-unsaturated/α-hetero) is 1. The van der Waals surface area contributed by atoms with Gasteiger partial charge >= 0.3 is 0 Å². The van der Waals surface area contributed by atoms with E-state index in [1.807, 2.05) is 6.07 Å². The summed E-state index contributed by atoms with van der Waals surface area (Å²) >= 11 is 0. The van der Waals surface area contributed by atoms with Crippen LogP contribution in [0.25, 0.3) is 0 Å². The highest BCUT2D eigenvalue weighted by molar-refractivity contribution is 5.95. The van der Waals surface area contributed by atoms with Crippen molar-refractivity contribution >= 4 is 22.8 Å². The van der Waals surface area contributed by atoms with Crippen molar-refractivity contribution in [2.45, 2.75) is 58.3 Å². The SMILES string of the molecule is CC(=O)c1ccc(Nc2ccc3c(c2)C(C)(C)CCC3(C)C)c([N+](=O)[O-])c1. The Morgan fingerprint density at radius 1 is 1.00 bits per heavy atom. The summed E-state index contributed by atoms with van der Waals surface area (Å²) in [5.41, 5.74) is 4.25. The molecule has 0 saturated heterocycles. The minimum absolute atomic E-state index is 0.0625. The zero-order valence-corrected chi connectivity index (χ0v) is 16.6. The molecule has 2 aromatic rings. The molecule has 3 rings (SSSR count). The molecule has 0 heterocycles. The zero-order valence-electron chi connectivity index (χ0n) is 16.6. The van der Waals surface area contributed by atoms with Gasteiger partial charge in [-0.2, -0.15) is 0 Å². The van der Waals surface area contributed by atoms with Gasteiger partial charge in [-0.25, -0.2) is 0 Å². The molecule has 0 unspecified atom stereocenters. The van der Waals surface area contributed by atoms with E-state index in [0.717, 1.165) is 18.5 Å². The van der Waals surface area contributed by atoms with E-state index in [1.54, 1.807) is 12.1 Å². The van der Waals surface area contributed by atoms with Gasteiger partial charge in [-0.15, -0.1) is 0 Å². The summed E-state index contributed by atoms with van der Waals surface area (Å²) in [6.45, 7) is 10.4. The smallest absolute Gasteiger partial charge is 0.293 e. The van der Waals surface area contributed by atoms with Gasteiger partial charge in [0, 0.05) is 17.3 Å². The molecule has 5 heteroatoms. The average molecular weight is 366 g/mol. The van der Waals surface area contributed by atoms with Crippen molar-refractivity contribution in [3.63, 3.8) is 0 Å². The number of hydrogen-bond donors (Lipinski definition) is 1. The molecule has 142 valence electrons. The maximum absolute atomic E-state index is 11.5. The van der Waals surface area contributed by atoms with E-state index in [9.17, 15) is 14.9 Å². The van der Waals surface area contributed by atoms with E-state index >= 15 is 0 Å². The lowest BCUT2D eigenvalue weighted by molar-refractivity contribution is -0.383. The molecule has 1 aliphatic rings. The Hall–Kier alpha value is -2.69. The topological polar surface area (TPSA) is 72.2 Å². The summed E-state index contributed by atoms with van der Waals surface area (Å²) in [7, 11) is 0. The molecule has 0 aromatic heterocycles. The number of nitro groups is 1. The fraction of sp³-hybridized carbons (Fsp3) is 0.409. The first-order valence-corrected chi connectivity index (χ1v) is 9.23. The molecule has 0 spiro atoms. The van der Waals surface area contributed by atoms with Gasteiger partial charge in [-0.05, 0) is 66.0 Å². The van der Waals surface area contributed by atoms with Crippen LogP contribution in [0.2, 0.25) is 0 Å². The maximum atomic E-state index is 11.5. The van der Waals surface area contributed by atoms with E-state index in [0.29, 0.717) is 11.3 Å². The van der Waals surface area contributed by atoms with E-state index in [2.05, 4.69) is 45.1 Å². The number of nitrogens with one attached hydrogen (secondary N) is 1. The minimum atomic E-state index is -0.458. The largest absolute Gasteiger partial charge is 0.350 e. The predicted octanol–water partition coefficient (Wildman–Crippen LogP) is 5.89. The van der Waals surface area contributed by atoms with Crippen molar-refractivity contribution in [2.24, 2.45) is 0 Å². The van der Waals surface area contributed by atoms with Crippen molar-refractivity contribution in [2.75, 3.05) is 5.32 Å². The molecule has 5 nitrogen and oxygen atoms in total. The lowest BCUT2D eigenvalue weighted by Crippen LogP contribution is -2.33. The second kappa shape index (κ2) is 6.48. The fourth-order valence-electron chi connectivity index (χ4n) is 3.83. The van der Waals surface area contributed by atoms with Crippen LogP contribution < -0.4 is 5.32 Å². The second-order valence-corrected chi connectivity index (χ2v) is 8.70. The quantitative estimate of drug-likeness (QED) is 0.416. The molecule has 2 aromatic carbocycles. The number of carbonyl (C=O) groups is 1. The number of nitrogens with zero attached hydrogens (tertiary/aromatic N) is 1. The molecule has 0 bridgehead atoms. The molecule has 27 heavy (non-hydrogen) atoms. The number of nitro benzene ring substituents is 1. The van der Waals surface area contributed by atoms with Gasteiger partial charge < -0.3 is 5.32 Å². The molecule has 1 N–H and O–H groups in total. The van der Waals surface area contributed by atoms with Crippen LogP contribution in [0.5, 0.6) is 0 Å². The Bertz CT molecular complexity index is 929. The fourth-order valence-corrected chi connectivity index (χ4v) is 3.83. The second-order valence-electron chi connectivity index (χ2n) is 8.70. The molecule has 0 saturated carbocycles. The summed E-state index contributed by atoms with van der Waals surface area (Å²) in [4.78, 5) is 22.5. The predicted molar refractivity (Wildman–Crippen MR) is 108 cm³/mol. The van der Waals surface area contributed by atoms with Crippen molar-refractivity contribution in [1.29, 1.82) is 0 Å². The van der Waals surface area contributed by atoms with Crippen LogP contribution in [-0.4, -0.2) is 10.7 Å². The Kier molecular flexibility index (Phi) is 4.58. The number of rotatable bonds is 4. The molecule has 0 atom stereocenters. The molecule has 0 amide bonds. The summed E-state index contributed by atoms with van der Waals surface area (Å²) in [5, 5.41) is 14.6. The van der Waals surface area contributed by atoms with Crippen molar-refractivity contribution < 1.29 is 9.72 Å². The van der Waals surface area contributed by atoms with Crippen LogP contribution in [0.1, 0.15) is 68.9 Å². The molecule has 0 radical (unpaired) electrons. The first-order chi connectivity index (χ1) is 12.5. The number of hydrogen-bond acceptors (Lipinski definition) is 4. The van der Waals surface area contributed by atoms with Crippen LogP contribution in [-0.2, 0) is 10.8 Å². The number of ketones is 1. The Morgan fingerprint density at radius 3 is 2.22 bits per heavy atom. The number of fused-ring (bicyclic) bond motifs is 1. The summed E-state index contributed by atoms with van der Waals surface area (Å²) in [6.07, 6.45) is 2.24. The standard InChI is InChI=1S/C22H26N2O3/c1-14(25)15-6-9-19(20(12-15)24(26)27)23-16-7-8-17-18(13-16)22(4,5)11-10-21(17,2)3/h6-9,12-13,23H,10-11H2,1-5H3. The zero-order chi connectivity index (χ0) is 20.0. The number of benzene rings is 2. The van der Waals surface area contributed by atoms with Gasteiger partial charge in [0.25, 0.3) is 5.69 Å². The Morgan fingerprint density at radius 2 is 1.63 bits per heavy atom. The van der Waals surface area contributed by atoms with Gasteiger partial charge in [-0.1, -0.05) is 33.8 Å². The Balaban J connectivity index is 2.03. The van der Waals surface area contributed by atoms with Crippen molar-refractivity contribution in [3.8, 4) is 0 Å². The molecule has 1 aliphatic carbocycles. The number of carbonyl (C=O) groups excluding carboxylic acids is 1. The van der Waals surface area contributed by atoms with Crippen LogP contribution >= 0.6 is 0 Å². The number of anilines is 2. The van der Waals surface area contributed by atoms with Crippen LogP contribution in [0.4, 0.5) is 17.1 Å². The highest BCUT2D eigenvalue weighted by atomic mass is 16.6. The lowest BCUT2D eigenvalue weighted by atomic mass is 9.63. The van der Waals surface area contributed by atoms with Crippen LogP contribution in [0.3, 0.4) is 0 Å². The average Bonchev–Trinajstić information content (AvgIpc) is 2.59. The summed E-state index contributed by atoms with van der Waals surface area (Å²) in [6, 6.07) is 10.8. The van der Waals surface area contributed by atoms with E-state index in [4.69, 9.17) is 0 Å². The van der Waals surface area contributed by atoms with Gasteiger partial charge in [0.1, 0.15) is 5.69 Å². The summed E-state index contributed by atoms with van der Waals surface area (Å²) in [5.74, 6) is -0.192. The Labute approximate surface area is 159 Å². The first kappa shape index (κ1) is 19.1. The molecule has 0 fully saturated rings. The van der Waals surface area contributed by atoms with E-state index in [-0.39, 0.29) is 22.3 Å². The van der Waals surface area contributed by atoms with Gasteiger partial charge in [-0.3, -0.25) is 14.9 Å². The third kappa shape index (κ3) is 3.59. The molecular weight excluding hydrogens is 340 g/mol. The van der Waals surface area contributed by atoms with Gasteiger partial charge in [0.15, 0.2) is 5.78 Å². The molecular formula is C22H26N2O3. The minimum Gasteiger partial charge on any atom is -0.350 e. The van der Waals surface area contributed by atoms with E-state index < -0.39 is 4.92 Å². The molecule has 0 aliphatic heterocycles. The summed E-state index contributed by atoms with van der Waals surface area (Å²) < 4.78 is 0. The highest BCUT2D eigenvalue weighted by Gasteiger charge is 2.37. The highest BCUT2D eigenvalue weighted by Crippen LogP contribution is 2.46. The van der Waals surface area contributed by atoms with Gasteiger partial charge in [0.2, 0.25) is 0 Å². The van der Waals surface area contributed by atoms with Crippen molar-refractivity contribution in [1.82, 2.24) is 0 Å². The van der Waals surface area contributed by atoms with Crippen molar-refractivity contribution in [3.05, 3.63) is 63.2 Å². The third-order valence-corrected chi connectivity index (χ3v) is 5.73. The normalized spacial score (nSPS) is 17.1. The van der Waals surface area contributed by atoms with Gasteiger partial charge in [0.05, 0.1) is 4.92 Å². The third-order valence-electron chi connectivity index (χ3n) is 5.73. The van der Waals surface area contributed by atoms with Crippen LogP contribution in [0, 0.1) is 10.1 Å².